The number of rotatable bonds is 5. The Balaban J connectivity index is 1.47. The van der Waals surface area contributed by atoms with Crippen LogP contribution >= 0.6 is 11.3 Å². The van der Waals surface area contributed by atoms with Gasteiger partial charge in [0.2, 0.25) is 5.91 Å². The number of anilines is 1. The van der Waals surface area contributed by atoms with Gasteiger partial charge in [-0.2, -0.15) is 0 Å². The third kappa shape index (κ3) is 4.25. The molecule has 0 bridgehead atoms. The van der Waals surface area contributed by atoms with Crippen LogP contribution in [0.25, 0.3) is 0 Å². The maximum absolute atomic E-state index is 12.1. The molecule has 2 aliphatic rings. The molecule has 1 saturated carbocycles. The number of nitrogens with zero attached hydrogens (tertiary/aromatic N) is 2. The van der Waals surface area contributed by atoms with Crippen LogP contribution in [0.3, 0.4) is 0 Å². The van der Waals surface area contributed by atoms with E-state index in [0.717, 1.165) is 57.8 Å². The standard InChI is InChI=1S/C15H24N4O2S/c16-13-3-1-2-11(13)8-14(20)18-15-17-12(10-22-15)9-19-4-6-21-7-5-19/h10-11,13H,1-9,16H2,(H,17,18,20)/t11-,13+/m0/s1. The number of amides is 1. The van der Waals surface area contributed by atoms with Gasteiger partial charge in [0.1, 0.15) is 0 Å². The monoisotopic (exact) mass is 324 g/mol. The summed E-state index contributed by atoms with van der Waals surface area (Å²) in [7, 11) is 0. The second kappa shape index (κ2) is 7.50. The van der Waals surface area contributed by atoms with Crippen LogP contribution in [0.4, 0.5) is 5.13 Å². The minimum Gasteiger partial charge on any atom is -0.379 e. The minimum absolute atomic E-state index is 0.0367. The molecule has 3 rings (SSSR count). The first-order valence-electron chi connectivity index (χ1n) is 8.00. The third-order valence-electron chi connectivity index (χ3n) is 4.45. The molecule has 2 heterocycles. The summed E-state index contributed by atoms with van der Waals surface area (Å²) in [5.41, 5.74) is 7.03. The lowest BCUT2D eigenvalue weighted by atomic mass is 10.00. The molecule has 1 amide bonds. The predicted molar refractivity (Wildman–Crippen MR) is 86.8 cm³/mol. The van der Waals surface area contributed by atoms with E-state index >= 15 is 0 Å². The van der Waals surface area contributed by atoms with Gasteiger partial charge in [-0.05, 0) is 18.8 Å². The second-order valence-corrected chi connectivity index (χ2v) is 7.00. The number of thiazole rings is 1. The number of ether oxygens (including phenoxy) is 1. The first-order chi connectivity index (χ1) is 10.7. The molecule has 1 aromatic rings. The molecular formula is C15H24N4O2S. The first kappa shape index (κ1) is 15.9. The maximum Gasteiger partial charge on any atom is 0.226 e. The summed E-state index contributed by atoms with van der Waals surface area (Å²) in [4.78, 5) is 18.9. The van der Waals surface area contributed by atoms with Crippen molar-refractivity contribution in [1.82, 2.24) is 9.88 Å². The highest BCUT2D eigenvalue weighted by molar-refractivity contribution is 7.13. The fourth-order valence-electron chi connectivity index (χ4n) is 3.15. The maximum atomic E-state index is 12.1. The van der Waals surface area contributed by atoms with Gasteiger partial charge in [0.15, 0.2) is 5.13 Å². The number of carbonyl (C=O) groups is 1. The van der Waals surface area contributed by atoms with E-state index in [-0.39, 0.29) is 11.9 Å². The lowest BCUT2D eigenvalue weighted by Gasteiger charge is -2.25. The number of nitrogens with two attached hydrogens (primary N) is 1. The zero-order valence-electron chi connectivity index (χ0n) is 12.8. The molecule has 2 fully saturated rings. The van der Waals surface area contributed by atoms with Crippen molar-refractivity contribution in [2.24, 2.45) is 11.7 Å². The van der Waals surface area contributed by atoms with Crippen molar-refractivity contribution in [3.8, 4) is 0 Å². The van der Waals surface area contributed by atoms with E-state index in [0.29, 0.717) is 17.5 Å². The van der Waals surface area contributed by atoms with E-state index in [1.165, 1.54) is 11.3 Å². The van der Waals surface area contributed by atoms with E-state index in [1.54, 1.807) is 0 Å². The van der Waals surface area contributed by atoms with Crippen molar-refractivity contribution in [3.63, 3.8) is 0 Å². The van der Waals surface area contributed by atoms with Crippen LogP contribution in [0.5, 0.6) is 0 Å². The smallest absolute Gasteiger partial charge is 0.226 e. The highest BCUT2D eigenvalue weighted by atomic mass is 32.1. The summed E-state index contributed by atoms with van der Waals surface area (Å²) in [6, 6.07) is 0.180. The normalized spacial score (nSPS) is 26.2. The largest absolute Gasteiger partial charge is 0.379 e. The molecular weight excluding hydrogens is 300 g/mol. The number of aromatic nitrogens is 1. The van der Waals surface area contributed by atoms with E-state index in [9.17, 15) is 4.79 Å². The van der Waals surface area contributed by atoms with Crippen molar-refractivity contribution in [1.29, 1.82) is 0 Å². The highest BCUT2D eigenvalue weighted by Crippen LogP contribution is 2.27. The summed E-state index contributed by atoms with van der Waals surface area (Å²) in [6.45, 7) is 4.28. The molecule has 0 radical (unpaired) electrons. The van der Waals surface area contributed by atoms with Crippen LogP contribution in [0, 0.1) is 5.92 Å². The highest BCUT2D eigenvalue weighted by Gasteiger charge is 2.26. The Kier molecular flexibility index (Phi) is 5.41. The average molecular weight is 324 g/mol. The number of morpholine rings is 1. The Morgan fingerprint density at radius 2 is 2.27 bits per heavy atom. The lowest BCUT2D eigenvalue weighted by molar-refractivity contribution is -0.117. The van der Waals surface area contributed by atoms with Gasteiger partial charge < -0.3 is 15.8 Å². The molecule has 1 aromatic heterocycles. The molecule has 0 aromatic carbocycles. The molecule has 2 atom stereocenters. The second-order valence-electron chi connectivity index (χ2n) is 6.14. The van der Waals surface area contributed by atoms with Gasteiger partial charge in [-0.15, -0.1) is 11.3 Å². The fraction of sp³-hybridized carbons (Fsp3) is 0.733. The van der Waals surface area contributed by atoms with Gasteiger partial charge in [0.25, 0.3) is 0 Å². The molecule has 122 valence electrons. The molecule has 1 aliphatic carbocycles. The number of hydrogen-bond acceptors (Lipinski definition) is 6. The van der Waals surface area contributed by atoms with Crippen LogP contribution in [-0.4, -0.2) is 48.1 Å². The zero-order valence-corrected chi connectivity index (χ0v) is 13.6. The van der Waals surface area contributed by atoms with Crippen molar-refractivity contribution >= 4 is 22.4 Å². The summed E-state index contributed by atoms with van der Waals surface area (Å²) in [5, 5.41) is 5.63. The van der Waals surface area contributed by atoms with Crippen LogP contribution in [0.15, 0.2) is 5.38 Å². The van der Waals surface area contributed by atoms with Crippen LogP contribution in [-0.2, 0) is 16.1 Å². The Morgan fingerprint density at radius 1 is 1.45 bits per heavy atom. The third-order valence-corrected chi connectivity index (χ3v) is 5.26. The van der Waals surface area contributed by atoms with Gasteiger partial charge >= 0.3 is 0 Å². The first-order valence-corrected chi connectivity index (χ1v) is 8.88. The Morgan fingerprint density at radius 3 is 3.00 bits per heavy atom. The van der Waals surface area contributed by atoms with Gasteiger partial charge in [0.05, 0.1) is 18.9 Å². The Labute approximate surface area is 135 Å². The van der Waals surface area contributed by atoms with E-state index < -0.39 is 0 Å². The van der Waals surface area contributed by atoms with Crippen LogP contribution in [0.2, 0.25) is 0 Å². The quantitative estimate of drug-likeness (QED) is 0.856. The lowest BCUT2D eigenvalue weighted by Crippen LogP contribution is -2.35. The molecule has 7 heteroatoms. The van der Waals surface area contributed by atoms with Crippen molar-refractivity contribution in [3.05, 3.63) is 11.1 Å². The average Bonchev–Trinajstić information content (AvgIpc) is 3.10. The number of nitrogens with one attached hydrogen (secondary N) is 1. The number of carbonyl (C=O) groups excluding carboxylic acids is 1. The molecule has 0 spiro atoms. The fourth-order valence-corrected chi connectivity index (χ4v) is 3.87. The van der Waals surface area contributed by atoms with E-state index in [2.05, 4.69) is 15.2 Å². The van der Waals surface area contributed by atoms with Crippen LogP contribution < -0.4 is 11.1 Å². The summed E-state index contributed by atoms with van der Waals surface area (Å²) in [5.74, 6) is 0.363. The zero-order chi connectivity index (χ0) is 15.4. The van der Waals surface area contributed by atoms with Gasteiger partial charge in [-0.1, -0.05) is 6.42 Å². The molecule has 1 aliphatic heterocycles. The molecule has 1 saturated heterocycles. The molecule has 22 heavy (non-hydrogen) atoms. The summed E-state index contributed by atoms with van der Waals surface area (Å²) >= 11 is 1.49. The van der Waals surface area contributed by atoms with E-state index in [4.69, 9.17) is 10.5 Å². The minimum atomic E-state index is 0.0367. The topological polar surface area (TPSA) is 80.5 Å². The Bertz CT molecular complexity index is 501. The Hall–Kier alpha value is -1.02. The summed E-state index contributed by atoms with van der Waals surface area (Å²) < 4.78 is 5.34. The van der Waals surface area contributed by atoms with E-state index in [1.807, 2.05) is 5.38 Å². The SMILES string of the molecule is N[C@@H]1CCC[C@H]1CC(=O)Nc1nc(CN2CCOCC2)cs1. The molecule has 3 N–H and O–H groups in total. The van der Waals surface area contributed by atoms with Crippen molar-refractivity contribution in [2.75, 3.05) is 31.6 Å². The molecule has 0 unspecified atom stereocenters. The number of hydrogen-bond donors (Lipinski definition) is 2. The van der Waals surface area contributed by atoms with Gasteiger partial charge in [-0.25, -0.2) is 4.98 Å². The van der Waals surface area contributed by atoms with Crippen LogP contribution in [0.1, 0.15) is 31.4 Å². The van der Waals surface area contributed by atoms with Crippen molar-refractivity contribution in [2.45, 2.75) is 38.3 Å². The summed E-state index contributed by atoms with van der Waals surface area (Å²) in [6.07, 6.45) is 3.76. The van der Waals surface area contributed by atoms with Gasteiger partial charge in [0, 0.05) is 37.5 Å². The predicted octanol–water partition coefficient (Wildman–Crippen LogP) is 1.43. The molecule has 6 nitrogen and oxygen atoms in total. The van der Waals surface area contributed by atoms with Gasteiger partial charge in [-0.3, -0.25) is 9.69 Å². The van der Waals surface area contributed by atoms with Crippen molar-refractivity contribution < 1.29 is 9.53 Å².